The Hall–Kier alpha value is -4.62. The third-order valence-corrected chi connectivity index (χ3v) is 9.81. The van der Waals surface area contributed by atoms with E-state index in [9.17, 15) is 14.4 Å². The van der Waals surface area contributed by atoms with Crippen molar-refractivity contribution in [1.29, 1.82) is 0 Å². The smallest absolute Gasteiger partial charge is 0.434 e. The highest BCUT2D eigenvalue weighted by Gasteiger charge is 2.50. The second-order valence-corrected chi connectivity index (χ2v) is 12.0. The Morgan fingerprint density at radius 2 is 1.93 bits per heavy atom. The van der Waals surface area contributed by atoms with Gasteiger partial charge in [-0.25, -0.2) is 18.0 Å². The van der Waals surface area contributed by atoms with Gasteiger partial charge in [-0.2, -0.15) is 0 Å². The second kappa shape index (κ2) is 9.94. The summed E-state index contributed by atoms with van der Waals surface area (Å²) in [6.07, 6.45) is -1.16. The van der Waals surface area contributed by atoms with Crippen molar-refractivity contribution in [3.63, 3.8) is 0 Å². The molecule has 45 heavy (non-hydrogen) atoms. The van der Waals surface area contributed by atoms with Gasteiger partial charge in [0.1, 0.15) is 12.0 Å². The van der Waals surface area contributed by atoms with Gasteiger partial charge < -0.3 is 19.1 Å². The molecule has 4 aliphatic rings. The van der Waals surface area contributed by atoms with E-state index in [-0.39, 0.29) is 37.6 Å². The van der Waals surface area contributed by atoms with Crippen LogP contribution in [0.15, 0.2) is 58.8 Å². The lowest BCUT2D eigenvalue weighted by atomic mass is 9.80. The Bertz CT molecular complexity index is 1990. The van der Waals surface area contributed by atoms with E-state index in [0.29, 0.717) is 22.3 Å². The number of alkyl halides is 2. The van der Waals surface area contributed by atoms with E-state index in [1.54, 1.807) is 17.3 Å². The molecular formula is C32H24F3N3O6S. The predicted octanol–water partition coefficient (Wildman–Crippen LogP) is 5.42. The summed E-state index contributed by atoms with van der Waals surface area (Å²) in [5.74, 6) is -5.57. The number of fused-ring (bicyclic) bond motifs is 4. The maximum atomic E-state index is 15.8. The lowest BCUT2D eigenvalue weighted by Gasteiger charge is -2.51. The molecular weight excluding hydrogens is 611 g/mol. The Kier molecular flexibility index (Phi) is 6.16. The molecule has 230 valence electrons. The molecule has 0 saturated carbocycles. The zero-order valence-electron chi connectivity index (χ0n) is 23.7. The lowest BCUT2D eigenvalue weighted by Crippen LogP contribution is -2.66. The highest BCUT2D eigenvalue weighted by Crippen LogP contribution is 2.58. The van der Waals surface area contributed by atoms with E-state index < -0.39 is 59.2 Å². The fourth-order valence-electron chi connectivity index (χ4n) is 7.02. The van der Waals surface area contributed by atoms with Crippen LogP contribution in [0.1, 0.15) is 45.7 Å². The first kappa shape index (κ1) is 27.9. The van der Waals surface area contributed by atoms with Gasteiger partial charge in [0.05, 0.1) is 31.4 Å². The van der Waals surface area contributed by atoms with Crippen LogP contribution in [-0.4, -0.2) is 54.2 Å². The fraction of sp³-hybridized carbons (Fsp3) is 0.281. The summed E-state index contributed by atoms with van der Waals surface area (Å²) in [6, 6.07) is 10.3. The van der Waals surface area contributed by atoms with Crippen molar-refractivity contribution in [1.82, 2.24) is 9.58 Å². The van der Waals surface area contributed by atoms with Gasteiger partial charge in [-0.05, 0) is 40.6 Å². The molecule has 4 aromatic rings. The van der Waals surface area contributed by atoms with E-state index in [0.717, 1.165) is 22.6 Å². The molecule has 0 bridgehead atoms. The van der Waals surface area contributed by atoms with Crippen LogP contribution in [0.5, 0.6) is 5.75 Å². The minimum atomic E-state index is -3.47. The first-order chi connectivity index (χ1) is 21.7. The van der Waals surface area contributed by atoms with Crippen molar-refractivity contribution in [2.45, 2.75) is 31.5 Å². The summed E-state index contributed by atoms with van der Waals surface area (Å²) in [5.41, 5.74) is 1.38. The molecule has 4 heterocycles. The molecule has 2 aliphatic carbocycles. The highest BCUT2D eigenvalue weighted by molar-refractivity contribution is 7.14. The van der Waals surface area contributed by atoms with Gasteiger partial charge in [0.2, 0.25) is 11.2 Å². The van der Waals surface area contributed by atoms with Gasteiger partial charge >= 0.3 is 6.16 Å². The van der Waals surface area contributed by atoms with E-state index >= 15 is 13.2 Å². The van der Waals surface area contributed by atoms with Crippen molar-refractivity contribution in [2.75, 3.05) is 31.4 Å². The van der Waals surface area contributed by atoms with Crippen LogP contribution < -0.4 is 15.2 Å². The standard InChI is InChI=1S/C32H24F3N3O6S/c1-2-43-31(41)44-28-21(39)9-10-37-27(28)30(40)36-11-12-42-14-22(36)38(37)26-17-5-3-4-6-18(17)29-23-16(15-45-29)13-32(34,35)25-20(33)8-7-19(26)24(23)25/h3-10,15,22,26H,2,11-14H2,1H3. The Morgan fingerprint density at radius 3 is 2.76 bits per heavy atom. The number of carbonyl (C=O) groups excluding carboxylic acids is 2. The molecule has 0 radical (unpaired) electrons. The van der Waals surface area contributed by atoms with Gasteiger partial charge in [0, 0.05) is 41.2 Å². The number of thiophene rings is 1. The van der Waals surface area contributed by atoms with E-state index in [2.05, 4.69) is 0 Å². The number of carbonyl (C=O) groups is 2. The van der Waals surface area contributed by atoms with E-state index in [1.807, 2.05) is 24.3 Å². The van der Waals surface area contributed by atoms with Gasteiger partial charge in [0.25, 0.3) is 11.8 Å². The quantitative estimate of drug-likeness (QED) is 0.278. The van der Waals surface area contributed by atoms with Crippen LogP contribution in [-0.2, 0) is 21.8 Å². The first-order valence-corrected chi connectivity index (χ1v) is 15.3. The zero-order valence-corrected chi connectivity index (χ0v) is 24.5. The van der Waals surface area contributed by atoms with Gasteiger partial charge in [-0.1, -0.05) is 30.3 Å². The molecule has 0 spiro atoms. The molecule has 13 heteroatoms. The van der Waals surface area contributed by atoms with Crippen LogP contribution in [0.3, 0.4) is 0 Å². The first-order valence-electron chi connectivity index (χ1n) is 14.4. The molecule has 2 aliphatic heterocycles. The molecule has 1 fully saturated rings. The average molecular weight is 636 g/mol. The topological polar surface area (TPSA) is 90.3 Å². The number of rotatable bonds is 3. The maximum absolute atomic E-state index is 15.8. The summed E-state index contributed by atoms with van der Waals surface area (Å²) >= 11 is 1.33. The van der Waals surface area contributed by atoms with Crippen LogP contribution in [0.4, 0.5) is 18.0 Å². The molecule has 2 aromatic carbocycles. The largest absolute Gasteiger partial charge is 0.514 e. The number of aromatic nitrogens is 1. The number of hydrogen-bond acceptors (Lipinski definition) is 8. The second-order valence-electron chi connectivity index (χ2n) is 11.1. The number of morpholine rings is 1. The zero-order chi connectivity index (χ0) is 31.2. The van der Waals surface area contributed by atoms with Crippen molar-refractivity contribution >= 4 is 23.4 Å². The van der Waals surface area contributed by atoms with Crippen LogP contribution in [0.2, 0.25) is 0 Å². The molecule has 1 saturated heterocycles. The summed E-state index contributed by atoms with van der Waals surface area (Å²) in [6.45, 7) is 1.96. The maximum Gasteiger partial charge on any atom is 0.514 e. The molecule has 2 aromatic heterocycles. The van der Waals surface area contributed by atoms with Gasteiger partial charge in [0.15, 0.2) is 5.69 Å². The Balaban J connectivity index is 1.45. The Morgan fingerprint density at radius 1 is 1.11 bits per heavy atom. The third-order valence-electron chi connectivity index (χ3n) is 8.74. The van der Waals surface area contributed by atoms with Crippen molar-refractivity contribution < 1.29 is 37.0 Å². The number of halogens is 3. The number of benzene rings is 2. The number of amides is 1. The van der Waals surface area contributed by atoms with Gasteiger partial charge in [-0.15, -0.1) is 11.3 Å². The summed E-state index contributed by atoms with van der Waals surface area (Å²) in [4.78, 5) is 41.8. The summed E-state index contributed by atoms with van der Waals surface area (Å²) < 4.78 is 64.6. The lowest BCUT2D eigenvalue weighted by molar-refractivity contribution is -0.0198. The Labute approximate surface area is 257 Å². The fourth-order valence-corrected chi connectivity index (χ4v) is 8.14. The number of hydrogen-bond donors (Lipinski definition) is 0. The van der Waals surface area contributed by atoms with Crippen molar-refractivity contribution in [3.05, 3.63) is 98.0 Å². The van der Waals surface area contributed by atoms with Crippen LogP contribution >= 0.6 is 11.3 Å². The van der Waals surface area contributed by atoms with Crippen molar-refractivity contribution in [3.8, 4) is 27.3 Å². The molecule has 0 N–H and O–H groups in total. The number of nitrogens with zero attached hydrogens (tertiary/aromatic N) is 3. The average Bonchev–Trinajstić information content (AvgIpc) is 3.38. The number of pyridine rings is 1. The highest BCUT2D eigenvalue weighted by atomic mass is 32.1. The van der Waals surface area contributed by atoms with Crippen LogP contribution in [0.25, 0.3) is 21.6 Å². The van der Waals surface area contributed by atoms with Crippen LogP contribution in [0, 0.1) is 5.82 Å². The summed E-state index contributed by atoms with van der Waals surface area (Å²) in [7, 11) is 0. The minimum Gasteiger partial charge on any atom is -0.434 e. The minimum absolute atomic E-state index is 0.0217. The molecule has 2 atom stereocenters. The molecule has 8 rings (SSSR count). The molecule has 1 amide bonds. The monoisotopic (exact) mass is 635 g/mol. The third kappa shape index (κ3) is 3.93. The SMILES string of the molecule is CCOC(=O)Oc1c2n(ccc1=O)N(C1c3ccccc3-c3scc4c3-c3c1ccc(F)c3C(F)(F)C4)C1COCCN1C2=O. The predicted molar refractivity (Wildman–Crippen MR) is 157 cm³/mol. The number of ether oxygens (including phenoxy) is 3. The molecule has 9 nitrogen and oxygen atoms in total. The van der Waals surface area contributed by atoms with Gasteiger partial charge in [-0.3, -0.25) is 19.3 Å². The normalized spacial score (nSPS) is 20.4. The van der Waals surface area contributed by atoms with E-state index in [1.165, 1.54) is 33.2 Å². The summed E-state index contributed by atoms with van der Waals surface area (Å²) in [5, 5.41) is 3.48. The van der Waals surface area contributed by atoms with Crippen molar-refractivity contribution in [2.24, 2.45) is 0 Å². The molecule has 2 unspecified atom stereocenters. The van der Waals surface area contributed by atoms with E-state index in [4.69, 9.17) is 14.2 Å².